The number of nitrogens with one attached hydrogen (secondary N) is 1. The first-order valence-corrected chi connectivity index (χ1v) is 6.78. The van der Waals surface area contributed by atoms with E-state index in [0.29, 0.717) is 11.6 Å². The van der Waals surface area contributed by atoms with Gasteiger partial charge < -0.3 is 11.1 Å². The summed E-state index contributed by atoms with van der Waals surface area (Å²) in [6, 6.07) is 14.3. The van der Waals surface area contributed by atoms with Crippen molar-refractivity contribution in [3.8, 4) is 0 Å². The zero-order valence-corrected chi connectivity index (χ0v) is 12.0. The first kappa shape index (κ1) is 14.6. The van der Waals surface area contributed by atoms with Crippen LogP contribution < -0.4 is 11.1 Å². The molecule has 20 heavy (non-hydrogen) atoms. The molecule has 0 bridgehead atoms. The summed E-state index contributed by atoms with van der Waals surface area (Å²) >= 11 is 5.81. The highest BCUT2D eigenvalue weighted by Gasteiger charge is 2.14. The highest BCUT2D eigenvalue weighted by atomic mass is 35.5. The first-order chi connectivity index (χ1) is 9.56. The minimum Gasteiger partial charge on any atom is -0.350 e. The molecule has 4 heteroatoms. The zero-order chi connectivity index (χ0) is 14.5. The van der Waals surface area contributed by atoms with Gasteiger partial charge in [0.15, 0.2) is 0 Å². The van der Waals surface area contributed by atoms with Crippen molar-refractivity contribution in [1.29, 1.82) is 0 Å². The fourth-order valence-electron chi connectivity index (χ4n) is 1.83. The quantitative estimate of drug-likeness (QED) is 0.909. The molecule has 2 aromatic rings. The van der Waals surface area contributed by atoms with Crippen LogP contribution in [0.4, 0.5) is 0 Å². The highest BCUT2D eigenvalue weighted by Crippen LogP contribution is 2.12. The second-order valence-electron chi connectivity index (χ2n) is 4.73. The monoisotopic (exact) mass is 288 g/mol. The van der Waals surface area contributed by atoms with Crippen molar-refractivity contribution in [3.05, 3.63) is 70.2 Å². The Bertz CT molecular complexity index is 578. The highest BCUT2D eigenvalue weighted by molar-refractivity contribution is 6.30. The average Bonchev–Trinajstić information content (AvgIpc) is 2.46. The van der Waals surface area contributed by atoms with Crippen LogP contribution in [-0.4, -0.2) is 5.91 Å². The van der Waals surface area contributed by atoms with E-state index in [2.05, 4.69) is 5.32 Å². The van der Waals surface area contributed by atoms with Crippen LogP contribution in [0.3, 0.4) is 0 Å². The maximum absolute atomic E-state index is 12.0. The molecule has 0 heterocycles. The molecule has 0 aromatic heterocycles. The Morgan fingerprint density at radius 1 is 1.15 bits per heavy atom. The summed E-state index contributed by atoms with van der Waals surface area (Å²) in [5.41, 5.74) is 8.88. The molecule has 0 saturated carbocycles. The van der Waals surface area contributed by atoms with Crippen LogP contribution in [0.25, 0.3) is 0 Å². The van der Waals surface area contributed by atoms with Gasteiger partial charge in [0.1, 0.15) is 6.04 Å². The number of hydrogen-bond acceptors (Lipinski definition) is 2. The van der Waals surface area contributed by atoms with Gasteiger partial charge in [-0.3, -0.25) is 4.79 Å². The van der Waals surface area contributed by atoms with E-state index in [-0.39, 0.29) is 5.91 Å². The minimum absolute atomic E-state index is 0.191. The van der Waals surface area contributed by atoms with Gasteiger partial charge in [-0.05, 0) is 30.2 Å². The molecular formula is C16H17ClN2O. The van der Waals surface area contributed by atoms with Crippen molar-refractivity contribution in [2.75, 3.05) is 0 Å². The zero-order valence-electron chi connectivity index (χ0n) is 11.3. The fourth-order valence-corrected chi connectivity index (χ4v) is 1.95. The fraction of sp³-hybridized carbons (Fsp3) is 0.188. The summed E-state index contributed by atoms with van der Waals surface area (Å²) in [4.78, 5) is 12.0. The van der Waals surface area contributed by atoms with Crippen molar-refractivity contribution in [3.63, 3.8) is 0 Å². The second kappa shape index (κ2) is 6.55. The number of aryl methyl sites for hydroxylation is 1. The lowest BCUT2D eigenvalue weighted by atomic mass is 10.1. The van der Waals surface area contributed by atoms with Crippen LogP contribution in [0.1, 0.15) is 22.7 Å². The van der Waals surface area contributed by atoms with E-state index < -0.39 is 6.04 Å². The Hall–Kier alpha value is -1.84. The summed E-state index contributed by atoms with van der Waals surface area (Å²) in [6.07, 6.45) is 0. The molecule has 0 saturated heterocycles. The van der Waals surface area contributed by atoms with Gasteiger partial charge in [-0.2, -0.15) is 0 Å². The molecule has 0 aliphatic carbocycles. The number of amides is 1. The maximum Gasteiger partial charge on any atom is 0.241 e. The van der Waals surface area contributed by atoms with Crippen molar-refractivity contribution in [2.24, 2.45) is 5.73 Å². The molecule has 0 spiro atoms. The third-order valence-corrected chi connectivity index (χ3v) is 3.35. The average molecular weight is 289 g/mol. The predicted octanol–water partition coefficient (Wildman–Crippen LogP) is 2.96. The topological polar surface area (TPSA) is 55.1 Å². The van der Waals surface area contributed by atoms with Gasteiger partial charge in [-0.1, -0.05) is 53.6 Å². The second-order valence-corrected chi connectivity index (χ2v) is 5.17. The third kappa shape index (κ3) is 3.83. The maximum atomic E-state index is 12.0. The van der Waals surface area contributed by atoms with E-state index in [1.54, 1.807) is 12.1 Å². The number of rotatable bonds is 4. The van der Waals surface area contributed by atoms with Crippen LogP contribution >= 0.6 is 11.6 Å². The molecule has 104 valence electrons. The Morgan fingerprint density at radius 2 is 1.75 bits per heavy atom. The molecule has 1 amide bonds. The lowest BCUT2D eigenvalue weighted by Crippen LogP contribution is -2.33. The number of carbonyl (C=O) groups excluding carboxylic acids is 1. The number of carbonyl (C=O) groups is 1. The number of halogens is 1. The van der Waals surface area contributed by atoms with Crippen LogP contribution in [0.15, 0.2) is 48.5 Å². The van der Waals surface area contributed by atoms with E-state index >= 15 is 0 Å². The Labute approximate surface area is 123 Å². The van der Waals surface area contributed by atoms with Gasteiger partial charge in [0.2, 0.25) is 5.91 Å². The number of nitrogens with two attached hydrogens (primary N) is 1. The van der Waals surface area contributed by atoms with E-state index in [4.69, 9.17) is 17.3 Å². The summed E-state index contributed by atoms with van der Waals surface area (Å²) in [6.45, 7) is 2.44. The smallest absolute Gasteiger partial charge is 0.241 e. The predicted molar refractivity (Wildman–Crippen MR) is 81.4 cm³/mol. The van der Waals surface area contributed by atoms with Gasteiger partial charge in [-0.15, -0.1) is 0 Å². The van der Waals surface area contributed by atoms with E-state index in [1.165, 1.54) is 0 Å². The molecule has 0 aliphatic heterocycles. The summed E-state index contributed by atoms with van der Waals surface area (Å²) < 4.78 is 0. The standard InChI is InChI=1S/C16H17ClN2O/c1-11-2-6-13(7-3-11)15(18)16(20)19-10-12-4-8-14(17)9-5-12/h2-9,15H,10,18H2,1H3,(H,19,20). The molecule has 2 aromatic carbocycles. The van der Waals surface area contributed by atoms with Crippen molar-refractivity contribution in [1.82, 2.24) is 5.32 Å². The van der Waals surface area contributed by atoms with Crippen molar-refractivity contribution < 1.29 is 4.79 Å². The molecule has 0 aliphatic rings. The summed E-state index contributed by atoms with van der Waals surface area (Å²) in [5.74, 6) is -0.191. The molecule has 1 atom stereocenters. The van der Waals surface area contributed by atoms with Crippen LogP contribution in [0.2, 0.25) is 5.02 Å². The molecule has 1 unspecified atom stereocenters. The van der Waals surface area contributed by atoms with Crippen LogP contribution in [0.5, 0.6) is 0 Å². The van der Waals surface area contributed by atoms with Gasteiger partial charge in [0.25, 0.3) is 0 Å². The van der Waals surface area contributed by atoms with Gasteiger partial charge in [0, 0.05) is 11.6 Å². The van der Waals surface area contributed by atoms with Crippen molar-refractivity contribution >= 4 is 17.5 Å². The van der Waals surface area contributed by atoms with Crippen LogP contribution in [0, 0.1) is 6.92 Å². The van der Waals surface area contributed by atoms with Crippen molar-refractivity contribution in [2.45, 2.75) is 19.5 Å². The molecule has 3 nitrogen and oxygen atoms in total. The normalized spacial score (nSPS) is 11.9. The minimum atomic E-state index is -0.650. The Morgan fingerprint density at radius 3 is 2.35 bits per heavy atom. The van der Waals surface area contributed by atoms with E-state index in [9.17, 15) is 4.79 Å². The number of hydrogen-bond donors (Lipinski definition) is 2. The molecular weight excluding hydrogens is 272 g/mol. The van der Waals surface area contributed by atoms with E-state index in [1.807, 2.05) is 43.3 Å². The summed E-state index contributed by atoms with van der Waals surface area (Å²) in [7, 11) is 0. The van der Waals surface area contributed by atoms with E-state index in [0.717, 1.165) is 16.7 Å². The molecule has 2 rings (SSSR count). The third-order valence-electron chi connectivity index (χ3n) is 3.10. The first-order valence-electron chi connectivity index (χ1n) is 6.40. The lowest BCUT2D eigenvalue weighted by molar-refractivity contribution is -0.122. The molecule has 0 radical (unpaired) electrons. The van der Waals surface area contributed by atoms with Crippen LogP contribution in [-0.2, 0) is 11.3 Å². The molecule has 0 fully saturated rings. The largest absolute Gasteiger partial charge is 0.350 e. The van der Waals surface area contributed by atoms with Gasteiger partial charge in [0.05, 0.1) is 0 Å². The van der Waals surface area contributed by atoms with Gasteiger partial charge >= 0.3 is 0 Å². The summed E-state index contributed by atoms with van der Waals surface area (Å²) in [5, 5.41) is 3.50. The van der Waals surface area contributed by atoms with Gasteiger partial charge in [-0.25, -0.2) is 0 Å². The SMILES string of the molecule is Cc1ccc(C(N)C(=O)NCc2ccc(Cl)cc2)cc1. The lowest BCUT2D eigenvalue weighted by Gasteiger charge is -2.13. The Balaban J connectivity index is 1.94. The number of benzene rings is 2. The Kier molecular flexibility index (Phi) is 4.77. The molecule has 3 N–H and O–H groups in total.